The molecule has 204 valence electrons. The zero-order chi connectivity index (χ0) is 26.4. The van der Waals surface area contributed by atoms with Crippen LogP contribution in [0.3, 0.4) is 0 Å². The highest BCUT2D eigenvalue weighted by atomic mass is 19.4. The summed E-state index contributed by atoms with van der Waals surface area (Å²) in [5.41, 5.74) is -0.306. The third-order valence-electron chi connectivity index (χ3n) is 9.02. The lowest BCUT2D eigenvalue weighted by molar-refractivity contribution is -0.137. The summed E-state index contributed by atoms with van der Waals surface area (Å²) in [6.07, 6.45) is 13.2. The molecule has 0 heterocycles. The highest BCUT2D eigenvalue weighted by Crippen LogP contribution is 2.41. The maximum absolute atomic E-state index is 14.9. The van der Waals surface area contributed by atoms with Crippen molar-refractivity contribution in [2.75, 3.05) is 0 Å². The van der Waals surface area contributed by atoms with E-state index in [0.717, 1.165) is 61.8 Å². The number of hydrogen-bond acceptors (Lipinski definition) is 0. The Balaban J connectivity index is 1.23. The summed E-state index contributed by atoms with van der Waals surface area (Å²) in [5, 5.41) is 0. The molecule has 4 rings (SSSR count). The van der Waals surface area contributed by atoms with Crippen molar-refractivity contribution in [1.29, 1.82) is 0 Å². The van der Waals surface area contributed by atoms with E-state index in [2.05, 4.69) is 6.92 Å². The molecule has 2 fully saturated rings. The van der Waals surface area contributed by atoms with Crippen LogP contribution in [0.25, 0.3) is 11.1 Å². The van der Waals surface area contributed by atoms with Gasteiger partial charge >= 0.3 is 6.18 Å². The van der Waals surface area contributed by atoms with E-state index in [1.807, 2.05) is 0 Å². The van der Waals surface area contributed by atoms with Crippen molar-refractivity contribution in [2.24, 2.45) is 17.8 Å². The van der Waals surface area contributed by atoms with Crippen LogP contribution < -0.4 is 0 Å². The van der Waals surface area contributed by atoms with Gasteiger partial charge in [0.15, 0.2) is 0 Å². The van der Waals surface area contributed by atoms with Crippen molar-refractivity contribution >= 4 is 0 Å². The van der Waals surface area contributed by atoms with Crippen molar-refractivity contribution in [3.8, 4) is 11.1 Å². The van der Waals surface area contributed by atoms with E-state index in [0.29, 0.717) is 11.5 Å². The van der Waals surface area contributed by atoms with Crippen molar-refractivity contribution < 1.29 is 22.0 Å². The van der Waals surface area contributed by atoms with E-state index in [1.165, 1.54) is 76.3 Å². The van der Waals surface area contributed by atoms with Crippen LogP contribution in [-0.2, 0) is 6.18 Å². The molecular formula is C32H41F5. The lowest BCUT2D eigenvalue weighted by Gasteiger charge is -2.30. The van der Waals surface area contributed by atoms with Gasteiger partial charge in [-0.2, -0.15) is 13.2 Å². The minimum atomic E-state index is -4.48. The Kier molecular flexibility index (Phi) is 9.69. The van der Waals surface area contributed by atoms with Crippen LogP contribution in [0.2, 0.25) is 0 Å². The van der Waals surface area contributed by atoms with Crippen LogP contribution in [0.5, 0.6) is 0 Å². The Morgan fingerprint density at radius 3 is 1.59 bits per heavy atom. The molecule has 2 aromatic carbocycles. The molecule has 2 aliphatic carbocycles. The smallest absolute Gasteiger partial charge is 0.206 e. The van der Waals surface area contributed by atoms with Crippen LogP contribution in [0, 0.1) is 29.4 Å². The number of rotatable bonds is 9. The van der Waals surface area contributed by atoms with Crippen LogP contribution >= 0.6 is 0 Å². The normalized spacial score (nSPS) is 24.8. The van der Waals surface area contributed by atoms with Crippen molar-refractivity contribution in [2.45, 2.75) is 109 Å². The molecule has 2 aromatic rings. The number of benzene rings is 2. The molecule has 0 spiro atoms. The number of hydrogen-bond donors (Lipinski definition) is 0. The molecule has 0 saturated heterocycles. The summed E-state index contributed by atoms with van der Waals surface area (Å²) in [6.45, 7) is 2.29. The maximum Gasteiger partial charge on any atom is 0.416 e. The topological polar surface area (TPSA) is 0 Å². The quantitative estimate of drug-likeness (QED) is 0.228. The van der Waals surface area contributed by atoms with E-state index in [4.69, 9.17) is 0 Å². The molecule has 37 heavy (non-hydrogen) atoms. The molecule has 0 unspecified atom stereocenters. The number of halogens is 5. The lowest BCUT2D eigenvalue weighted by Crippen LogP contribution is -2.15. The lowest BCUT2D eigenvalue weighted by atomic mass is 9.76. The number of unbranched alkanes of at least 4 members (excludes halogenated alkanes) is 1. The first-order chi connectivity index (χ1) is 17.7. The highest BCUT2D eigenvalue weighted by Gasteiger charge is 2.30. The molecule has 0 aliphatic heterocycles. The third-order valence-corrected chi connectivity index (χ3v) is 9.02. The van der Waals surface area contributed by atoms with Gasteiger partial charge in [-0.15, -0.1) is 0 Å². The molecular weight excluding hydrogens is 479 g/mol. The molecule has 0 atom stereocenters. The second-order valence-electron chi connectivity index (χ2n) is 11.6. The summed E-state index contributed by atoms with van der Waals surface area (Å²) >= 11 is 0. The molecule has 0 amide bonds. The van der Waals surface area contributed by atoms with Gasteiger partial charge in [0.25, 0.3) is 0 Å². The zero-order valence-electron chi connectivity index (χ0n) is 22.1. The average molecular weight is 521 g/mol. The zero-order valence-corrected chi connectivity index (χ0v) is 22.1. The van der Waals surface area contributed by atoms with E-state index < -0.39 is 23.4 Å². The SMILES string of the molecule is CCCC1CCC(CCCCC2CCC(c3cc(F)c(-c4ccc(C(F)(F)F)cc4)c(F)c3)CC2)CC1. The van der Waals surface area contributed by atoms with Crippen LogP contribution in [0.1, 0.15) is 114 Å². The molecule has 2 saturated carbocycles. The van der Waals surface area contributed by atoms with Gasteiger partial charge in [0.2, 0.25) is 0 Å². The summed E-state index contributed by atoms with van der Waals surface area (Å²) in [4.78, 5) is 0. The molecule has 0 nitrogen and oxygen atoms in total. The first-order valence-corrected chi connectivity index (χ1v) is 14.4. The van der Waals surface area contributed by atoms with E-state index >= 15 is 0 Å². The summed E-state index contributed by atoms with van der Waals surface area (Å²) in [7, 11) is 0. The molecule has 0 N–H and O–H groups in total. The van der Waals surface area contributed by atoms with Gasteiger partial charge in [0, 0.05) is 0 Å². The van der Waals surface area contributed by atoms with Gasteiger partial charge in [-0.1, -0.05) is 83.3 Å². The average Bonchev–Trinajstić information content (AvgIpc) is 2.87. The molecule has 5 heteroatoms. The Hall–Kier alpha value is -1.91. The Bertz CT molecular complexity index is 954. The molecule has 0 aromatic heterocycles. The van der Waals surface area contributed by atoms with Crippen LogP contribution in [0.4, 0.5) is 22.0 Å². The predicted octanol–water partition coefficient (Wildman–Crippen LogP) is 11.1. The van der Waals surface area contributed by atoms with Gasteiger partial charge < -0.3 is 0 Å². The van der Waals surface area contributed by atoms with Gasteiger partial charge in [0.1, 0.15) is 11.6 Å². The van der Waals surface area contributed by atoms with Crippen molar-refractivity contribution in [3.63, 3.8) is 0 Å². The summed E-state index contributed by atoms with van der Waals surface area (Å²) in [5.74, 6) is 1.33. The Morgan fingerprint density at radius 2 is 1.14 bits per heavy atom. The van der Waals surface area contributed by atoms with E-state index in [9.17, 15) is 22.0 Å². The standard InChI is InChI=1S/C32H41F5/c1-2-5-22-8-10-23(11-9-22)6-3-4-7-24-12-14-25(15-13-24)27-20-29(33)31(30(34)21-27)26-16-18-28(19-17-26)32(35,36)37/h16-25H,2-15H2,1H3. The van der Waals surface area contributed by atoms with Crippen LogP contribution in [-0.4, -0.2) is 0 Å². The first kappa shape index (κ1) is 28.1. The Labute approximate surface area is 219 Å². The number of alkyl halides is 3. The molecule has 0 bridgehead atoms. The minimum absolute atomic E-state index is 0.118. The molecule has 0 radical (unpaired) electrons. The van der Waals surface area contributed by atoms with Crippen molar-refractivity contribution in [1.82, 2.24) is 0 Å². The fraction of sp³-hybridized carbons (Fsp3) is 0.625. The predicted molar refractivity (Wildman–Crippen MR) is 140 cm³/mol. The second kappa shape index (κ2) is 12.8. The maximum atomic E-state index is 14.9. The van der Waals surface area contributed by atoms with E-state index in [-0.39, 0.29) is 17.0 Å². The van der Waals surface area contributed by atoms with Gasteiger partial charge in [0.05, 0.1) is 11.1 Å². The third kappa shape index (κ3) is 7.57. The Morgan fingerprint density at radius 1 is 0.676 bits per heavy atom. The summed E-state index contributed by atoms with van der Waals surface area (Å²) in [6, 6.07) is 6.76. The highest BCUT2D eigenvalue weighted by molar-refractivity contribution is 5.66. The van der Waals surface area contributed by atoms with Gasteiger partial charge in [-0.3, -0.25) is 0 Å². The van der Waals surface area contributed by atoms with Crippen molar-refractivity contribution in [3.05, 3.63) is 59.2 Å². The van der Waals surface area contributed by atoms with Gasteiger partial charge in [-0.25, -0.2) is 8.78 Å². The monoisotopic (exact) mass is 520 g/mol. The minimum Gasteiger partial charge on any atom is -0.206 e. The van der Waals surface area contributed by atoms with Gasteiger partial charge in [-0.05, 0) is 84.7 Å². The summed E-state index contributed by atoms with van der Waals surface area (Å²) < 4.78 is 68.3. The van der Waals surface area contributed by atoms with Crippen LogP contribution in [0.15, 0.2) is 36.4 Å². The first-order valence-electron chi connectivity index (χ1n) is 14.4. The largest absolute Gasteiger partial charge is 0.416 e. The second-order valence-corrected chi connectivity index (χ2v) is 11.6. The fourth-order valence-electron chi connectivity index (χ4n) is 6.80. The van der Waals surface area contributed by atoms with E-state index in [1.54, 1.807) is 0 Å². The fourth-order valence-corrected chi connectivity index (χ4v) is 6.80. The molecule has 2 aliphatic rings.